The molecule has 0 aromatic rings. The lowest BCUT2D eigenvalue weighted by Gasteiger charge is -2.22. The Morgan fingerprint density at radius 2 is 1.81 bits per heavy atom. The SMILES string of the molecule is CCCNC(CCCS(=O)(=O)CC)C(C)C. The van der Waals surface area contributed by atoms with Gasteiger partial charge in [-0.3, -0.25) is 0 Å². The third kappa shape index (κ3) is 7.23. The quantitative estimate of drug-likeness (QED) is 0.681. The van der Waals surface area contributed by atoms with Crippen molar-refractivity contribution in [2.75, 3.05) is 18.1 Å². The van der Waals surface area contributed by atoms with Gasteiger partial charge in [0.25, 0.3) is 0 Å². The molecule has 3 nitrogen and oxygen atoms in total. The van der Waals surface area contributed by atoms with Gasteiger partial charge >= 0.3 is 0 Å². The van der Waals surface area contributed by atoms with Crippen LogP contribution >= 0.6 is 0 Å². The van der Waals surface area contributed by atoms with Crippen LogP contribution in [-0.2, 0) is 9.84 Å². The van der Waals surface area contributed by atoms with Gasteiger partial charge in [-0.05, 0) is 31.7 Å². The summed E-state index contributed by atoms with van der Waals surface area (Å²) in [6.07, 6.45) is 2.85. The van der Waals surface area contributed by atoms with Gasteiger partial charge in [-0.2, -0.15) is 0 Å². The average Bonchev–Trinajstić information content (AvgIpc) is 2.22. The minimum atomic E-state index is -2.79. The number of hydrogen-bond donors (Lipinski definition) is 1. The zero-order valence-corrected chi connectivity index (χ0v) is 11.9. The Kier molecular flexibility index (Phi) is 8.02. The highest BCUT2D eigenvalue weighted by molar-refractivity contribution is 7.91. The van der Waals surface area contributed by atoms with Crippen molar-refractivity contribution in [2.45, 2.75) is 53.0 Å². The molecule has 0 bridgehead atoms. The van der Waals surface area contributed by atoms with E-state index in [1.165, 1.54) is 0 Å². The third-order valence-corrected chi connectivity index (χ3v) is 4.66. The fourth-order valence-corrected chi connectivity index (χ4v) is 2.56. The van der Waals surface area contributed by atoms with E-state index in [1.54, 1.807) is 6.92 Å². The second-order valence-electron chi connectivity index (χ2n) is 4.68. The van der Waals surface area contributed by atoms with Gasteiger partial charge in [0.2, 0.25) is 0 Å². The molecular formula is C12H27NO2S. The minimum Gasteiger partial charge on any atom is -0.314 e. The molecule has 0 aromatic heterocycles. The van der Waals surface area contributed by atoms with E-state index in [-0.39, 0.29) is 5.75 Å². The summed E-state index contributed by atoms with van der Waals surface area (Å²) in [5.41, 5.74) is 0. The zero-order valence-electron chi connectivity index (χ0n) is 11.1. The molecule has 0 saturated carbocycles. The van der Waals surface area contributed by atoms with E-state index in [4.69, 9.17) is 0 Å². The van der Waals surface area contributed by atoms with Gasteiger partial charge in [-0.1, -0.05) is 27.7 Å². The van der Waals surface area contributed by atoms with E-state index in [2.05, 4.69) is 26.1 Å². The van der Waals surface area contributed by atoms with Crippen molar-refractivity contribution < 1.29 is 8.42 Å². The first-order chi connectivity index (χ1) is 7.43. The lowest BCUT2D eigenvalue weighted by molar-refractivity contribution is 0.375. The van der Waals surface area contributed by atoms with E-state index < -0.39 is 9.84 Å². The van der Waals surface area contributed by atoms with Crippen LogP contribution in [0.4, 0.5) is 0 Å². The van der Waals surface area contributed by atoms with E-state index in [1.807, 2.05) is 0 Å². The first kappa shape index (κ1) is 15.9. The van der Waals surface area contributed by atoms with Gasteiger partial charge < -0.3 is 5.32 Å². The molecule has 0 aliphatic rings. The fraction of sp³-hybridized carbons (Fsp3) is 1.00. The molecule has 0 saturated heterocycles. The highest BCUT2D eigenvalue weighted by Gasteiger charge is 2.14. The summed E-state index contributed by atoms with van der Waals surface area (Å²) in [6.45, 7) is 9.24. The monoisotopic (exact) mass is 249 g/mol. The summed E-state index contributed by atoms with van der Waals surface area (Å²) in [5.74, 6) is 1.17. The highest BCUT2D eigenvalue weighted by Crippen LogP contribution is 2.10. The Bertz CT molecular complexity index is 260. The molecule has 0 radical (unpaired) electrons. The van der Waals surface area contributed by atoms with Gasteiger partial charge in [0.1, 0.15) is 9.84 Å². The Hall–Kier alpha value is -0.0900. The summed E-state index contributed by atoms with van der Waals surface area (Å²) < 4.78 is 22.7. The molecule has 0 aliphatic heterocycles. The van der Waals surface area contributed by atoms with Gasteiger partial charge in [-0.25, -0.2) is 8.42 Å². The van der Waals surface area contributed by atoms with Crippen LogP contribution in [0.3, 0.4) is 0 Å². The Morgan fingerprint density at radius 3 is 2.25 bits per heavy atom. The van der Waals surface area contributed by atoms with Crippen LogP contribution in [0.15, 0.2) is 0 Å². The largest absolute Gasteiger partial charge is 0.314 e. The lowest BCUT2D eigenvalue weighted by atomic mass is 9.99. The fourth-order valence-electron chi connectivity index (χ4n) is 1.67. The van der Waals surface area contributed by atoms with Crippen LogP contribution in [0.2, 0.25) is 0 Å². The van der Waals surface area contributed by atoms with E-state index in [0.29, 0.717) is 17.7 Å². The summed E-state index contributed by atoms with van der Waals surface area (Å²) in [5, 5.41) is 3.48. The van der Waals surface area contributed by atoms with E-state index in [0.717, 1.165) is 25.8 Å². The van der Waals surface area contributed by atoms with Crippen molar-refractivity contribution in [3.05, 3.63) is 0 Å². The van der Waals surface area contributed by atoms with Crippen LogP contribution in [0, 0.1) is 5.92 Å². The summed E-state index contributed by atoms with van der Waals surface area (Å²) >= 11 is 0. The van der Waals surface area contributed by atoms with E-state index in [9.17, 15) is 8.42 Å². The second-order valence-corrected chi connectivity index (χ2v) is 7.16. The first-order valence-corrected chi connectivity index (χ1v) is 8.18. The number of nitrogens with one attached hydrogen (secondary N) is 1. The number of sulfone groups is 1. The molecular weight excluding hydrogens is 222 g/mol. The van der Waals surface area contributed by atoms with Crippen molar-refractivity contribution in [3.8, 4) is 0 Å². The molecule has 4 heteroatoms. The van der Waals surface area contributed by atoms with Crippen molar-refractivity contribution in [1.29, 1.82) is 0 Å². The summed E-state index contributed by atoms with van der Waals surface area (Å²) in [6, 6.07) is 0.451. The number of hydrogen-bond acceptors (Lipinski definition) is 3. The molecule has 0 aromatic carbocycles. The van der Waals surface area contributed by atoms with Crippen LogP contribution in [0.5, 0.6) is 0 Å². The predicted molar refractivity (Wildman–Crippen MR) is 70.5 cm³/mol. The van der Waals surface area contributed by atoms with Crippen LogP contribution < -0.4 is 5.32 Å². The Balaban J connectivity index is 3.94. The van der Waals surface area contributed by atoms with Crippen molar-refractivity contribution in [1.82, 2.24) is 5.32 Å². The molecule has 0 fully saturated rings. The van der Waals surface area contributed by atoms with Crippen LogP contribution in [0.25, 0.3) is 0 Å². The van der Waals surface area contributed by atoms with Gasteiger partial charge in [0.15, 0.2) is 0 Å². The average molecular weight is 249 g/mol. The summed E-state index contributed by atoms with van der Waals surface area (Å²) in [4.78, 5) is 0. The molecule has 98 valence electrons. The maximum absolute atomic E-state index is 11.3. The van der Waals surface area contributed by atoms with Crippen molar-refractivity contribution >= 4 is 9.84 Å². The zero-order chi connectivity index (χ0) is 12.6. The molecule has 16 heavy (non-hydrogen) atoms. The maximum atomic E-state index is 11.3. The molecule has 0 amide bonds. The third-order valence-electron chi connectivity index (χ3n) is 2.87. The van der Waals surface area contributed by atoms with Crippen LogP contribution in [-0.4, -0.2) is 32.5 Å². The molecule has 1 N–H and O–H groups in total. The van der Waals surface area contributed by atoms with Gasteiger partial charge in [0, 0.05) is 11.8 Å². The van der Waals surface area contributed by atoms with Crippen LogP contribution in [0.1, 0.15) is 47.0 Å². The molecule has 0 spiro atoms. The standard InChI is InChI=1S/C12H27NO2S/c1-5-9-13-12(11(3)4)8-7-10-16(14,15)6-2/h11-13H,5-10H2,1-4H3. The predicted octanol–water partition coefficient (Wildman–Crippen LogP) is 2.23. The molecule has 0 aliphatic carbocycles. The van der Waals surface area contributed by atoms with Gasteiger partial charge in [-0.15, -0.1) is 0 Å². The van der Waals surface area contributed by atoms with Gasteiger partial charge in [0.05, 0.1) is 5.75 Å². The second kappa shape index (κ2) is 8.07. The summed E-state index contributed by atoms with van der Waals surface area (Å²) in [7, 11) is -2.79. The highest BCUT2D eigenvalue weighted by atomic mass is 32.2. The maximum Gasteiger partial charge on any atom is 0.150 e. The molecule has 1 atom stereocenters. The Labute approximate surface area is 101 Å². The molecule has 0 rings (SSSR count). The topological polar surface area (TPSA) is 46.2 Å². The Morgan fingerprint density at radius 1 is 1.19 bits per heavy atom. The minimum absolute atomic E-state index is 0.266. The van der Waals surface area contributed by atoms with Crippen molar-refractivity contribution in [3.63, 3.8) is 0 Å². The van der Waals surface area contributed by atoms with Crippen molar-refractivity contribution in [2.24, 2.45) is 5.92 Å². The smallest absolute Gasteiger partial charge is 0.150 e. The van der Waals surface area contributed by atoms with E-state index >= 15 is 0 Å². The lowest BCUT2D eigenvalue weighted by Crippen LogP contribution is -2.34. The molecule has 1 unspecified atom stereocenters. The normalized spacial score (nSPS) is 14.3. The molecule has 0 heterocycles. The number of rotatable bonds is 9. The first-order valence-electron chi connectivity index (χ1n) is 6.36.